The van der Waals surface area contributed by atoms with Gasteiger partial charge in [0, 0.05) is 12.7 Å². The molecule has 2 fully saturated rings. The molecule has 3 rings (SSSR count). The van der Waals surface area contributed by atoms with Crippen LogP contribution in [0.3, 0.4) is 0 Å². The van der Waals surface area contributed by atoms with Crippen LogP contribution < -0.4 is 0 Å². The zero-order valence-corrected chi connectivity index (χ0v) is 17.4. The van der Waals surface area contributed by atoms with Gasteiger partial charge in [-0.25, -0.2) is 0 Å². The molecule has 0 radical (unpaired) electrons. The fourth-order valence-electron chi connectivity index (χ4n) is 4.73. The summed E-state index contributed by atoms with van der Waals surface area (Å²) in [4.78, 5) is 0. The Labute approximate surface area is 171 Å². The first-order valence-electron chi connectivity index (χ1n) is 11.2. The Morgan fingerprint density at radius 3 is 2.32 bits per heavy atom. The monoisotopic (exact) mass is 377 g/mol. The quantitative estimate of drug-likeness (QED) is 0.389. The van der Waals surface area contributed by atoms with Gasteiger partial charge in [0.25, 0.3) is 0 Å². The van der Waals surface area contributed by atoms with Crippen LogP contribution in [-0.2, 0) is 11.2 Å². The summed E-state index contributed by atoms with van der Waals surface area (Å²) in [6.45, 7) is 3.18. The Balaban J connectivity index is 1.33. The van der Waals surface area contributed by atoms with Gasteiger partial charge in [0.1, 0.15) is 0 Å². The number of allylic oxidation sites excluding steroid dienone is 4. The predicted molar refractivity (Wildman–Crippen MR) is 116 cm³/mol. The lowest BCUT2D eigenvalue weighted by molar-refractivity contribution is -0.00456. The highest BCUT2D eigenvalue weighted by Gasteiger charge is 2.25. The second kappa shape index (κ2) is 11.2. The molecule has 2 heteroatoms. The molecule has 1 aromatic carbocycles. The molecule has 0 aromatic heterocycles. The van der Waals surface area contributed by atoms with Gasteiger partial charge in [-0.05, 0) is 86.7 Å². The molecular formula is C26H35NO. The van der Waals surface area contributed by atoms with E-state index < -0.39 is 0 Å². The van der Waals surface area contributed by atoms with Crippen molar-refractivity contribution in [3.63, 3.8) is 0 Å². The zero-order chi connectivity index (χ0) is 19.6. The van der Waals surface area contributed by atoms with Crippen LogP contribution in [0.2, 0.25) is 0 Å². The average molecular weight is 378 g/mol. The van der Waals surface area contributed by atoms with Crippen molar-refractivity contribution in [2.45, 2.75) is 76.7 Å². The van der Waals surface area contributed by atoms with Gasteiger partial charge in [-0.3, -0.25) is 0 Å². The number of aryl methyl sites for hydroxylation is 1. The van der Waals surface area contributed by atoms with Gasteiger partial charge in [0.2, 0.25) is 0 Å². The summed E-state index contributed by atoms with van der Waals surface area (Å²) in [5.74, 6) is 2.15. The molecule has 28 heavy (non-hydrogen) atoms. The van der Waals surface area contributed by atoms with E-state index in [1.54, 1.807) is 0 Å². The Morgan fingerprint density at radius 2 is 1.68 bits per heavy atom. The lowest BCUT2D eigenvalue weighted by Gasteiger charge is -2.32. The lowest BCUT2D eigenvalue weighted by Crippen LogP contribution is -2.25. The van der Waals surface area contributed by atoms with Crippen LogP contribution in [-0.4, -0.2) is 12.7 Å². The molecular weight excluding hydrogens is 342 g/mol. The van der Waals surface area contributed by atoms with Crippen LogP contribution in [0.1, 0.15) is 75.3 Å². The molecule has 0 saturated heterocycles. The third-order valence-corrected chi connectivity index (χ3v) is 6.66. The maximum atomic E-state index is 8.51. The predicted octanol–water partition coefficient (Wildman–Crippen LogP) is 6.73. The van der Waals surface area contributed by atoms with Gasteiger partial charge in [-0.1, -0.05) is 49.4 Å². The normalized spacial score (nSPS) is 28.6. The molecule has 2 aliphatic carbocycles. The Bertz CT molecular complexity index is 665. The smallest absolute Gasteiger partial charge is 0.0912 e. The summed E-state index contributed by atoms with van der Waals surface area (Å²) >= 11 is 0. The maximum absolute atomic E-state index is 8.51. The minimum atomic E-state index is 0.457. The molecule has 150 valence electrons. The minimum absolute atomic E-state index is 0.457. The van der Waals surface area contributed by atoms with E-state index in [0.717, 1.165) is 24.9 Å². The Morgan fingerprint density at radius 1 is 0.964 bits per heavy atom. The second-order valence-corrected chi connectivity index (χ2v) is 8.56. The molecule has 0 heterocycles. The number of nitrogens with zero attached hydrogens (tertiary/aromatic N) is 1. The van der Waals surface area contributed by atoms with Crippen molar-refractivity contribution in [2.24, 2.45) is 11.8 Å². The minimum Gasteiger partial charge on any atom is -0.378 e. The van der Waals surface area contributed by atoms with Crippen LogP contribution in [0.25, 0.3) is 0 Å². The number of benzene rings is 1. The Kier molecular flexibility index (Phi) is 8.37. The fourth-order valence-corrected chi connectivity index (χ4v) is 4.73. The topological polar surface area (TPSA) is 33.0 Å². The van der Waals surface area contributed by atoms with Crippen LogP contribution in [0, 0.1) is 23.2 Å². The molecule has 0 bridgehead atoms. The fraction of sp³-hybridized carbons (Fsp3) is 0.577. The SMILES string of the molecule is CCc1ccc([C@H]2CC[C@H](CO[C@H]3CC[C@H](/C=C/C=C/C#N)CC3)CC2)cc1. The van der Waals surface area contributed by atoms with Crippen molar-refractivity contribution >= 4 is 0 Å². The van der Waals surface area contributed by atoms with Gasteiger partial charge in [0.15, 0.2) is 0 Å². The van der Waals surface area contributed by atoms with Crippen molar-refractivity contribution in [1.29, 1.82) is 5.26 Å². The highest BCUT2D eigenvalue weighted by molar-refractivity contribution is 5.25. The van der Waals surface area contributed by atoms with Gasteiger partial charge < -0.3 is 4.74 Å². The molecule has 0 unspecified atom stereocenters. The Hall–Kier alpha value is -1.85. The highest BCUT2D eigenvalue weighted by atomic mass is 16.5. The third kappa shape index (κ3) is 6.35. The molecule has 0 spiro atoms. The summed E-state index contributed by atoms with van der Waals surface area (Å²) < 4.78 is 6.30. The summed E-state index contributed by atoms with van der Waals surface area (Å²) in [5, 5.41) is 8.51. The first-order valence-corrected chi connectivity index (χ1v) is 11.2. The summed E-state index contributed by atoms with van der Waals surface area (Å²) in [6.07, 6.45) is 19.2. The molecule has 2 nitrogen and oxygen atoms in total. The van der Waals surface area contributed by atoms with Crippen molar-refractivity contribution in [1.82, 2.24) is 0 Å². The van der Waals surface area contributed by atoms with Gasteiger partial charge in [-0.15, -0.1) is 0 Å². The molecule has 0 atom stereocenters. The number of rotatable bonds is 7. The molecule has 0 N–H and O–H groups in total. The zero-order valence-electron chi connectivity index (χ0n) is 17.4. The largest absolute Gasteiger partial charge is 0.378 e. The summed E-state index contributed by atoms with van der Waals surface area (Å²) in [7, 11) is 0. The number of ether oxygens (including phenoxy) is 1. The van der Waals surface area contributed by atoms with E-state index in [-0.39, 0.29) is 0 Å². The van der Waals surface area contributed by atoms with E-state index in [1.165, 1.54) is 68.6 Å². The maximum Gasteiger partial charge on any atom is 0.0912 e. The first-order chi connectivity index (χ1) is 13.8. The van der Waals surface area contributed by atoms with E-state index in [1.807, 2.05) is 18.2 Å². The van der Waals surface area contributed by atoms with Gasteiger partial charge in [-0.2, -0.15) is 5.26 Å². The van der Waals surface area contributed by atoms with Crippen molar-refractivity contribution in [3.8, 4) is 6.07 Å². The van der Waals surface area contributed by atoms with Crippen molar-refractivity contribution in [3.05, 3.63) is 59.7 Å². The molecule has 0 amide bonds. The second-order valence-electron chi connectivity index (χ2n) is 8.56. The molecule has 1 aromatic rings. The summed E-state index contributed by atoms with van der Waals surface area (Å²) in [6, 6.07) is 11.3. The van der Waals surface area contributed by atoms with E-state index in [4.69, 9.17) is 10.00 Å². The van der Waals surface area contributed by atoms with Gasteiger partial charge >= 0.3 is 0 Å². The molecule has 2 aliphatic rings. The number of nitriles is 1. The standard InChI is InChI=1S/C26H35NO/c1-2-21-7-13-24(14-8-21)25-15-9-23(10-16-25)20-28-26-17-11-22(12-18-26)6-4-3-5-19-27/h3-8,13-14,22-23,25-26H,2,9-12,15-18,20H2,1H3/b5-3+,6-4+/t22-,23-,25-,26-. The first kappa shape index (κ1) is 20.9. The third-order valence-electron chi connectivity index (χ3n) is 6.66. The molecule has 2 saturated carbocycles. The van der Waals surface area contributed by atoms with Crippen LogP contribution in [0.5, 0.6) is 0 Å². The number of hydrogen-bond acceptors (Lipinski definition) is 2. The van der Waals surface area contributed by atoms with Crippen LogP contribution in [0.15, 0.2) is 48.6 Å². The number of hydrogen-bond donors (Lipinski definition) is 0. The van der Waals surface area contributed by atoms with Crippen molar-refractivity contribution < 1.29 is 4.74 Å². The highest BCUT2D eigenvalue weighted by Crippen LogP contribution is 2.36. The van der Waals surface area contributed by atoms with Crippen LogP contribution in [0.4, 0.5) is 0 Å². The molecule has 0 aliphatic heterocycles. The van der Waals surface area contributed by atoms with Gasteiger partial charge in [0.05, 0.1) is 12.2 Å². The summed E-state index contributed by atoms with van der Waals surface area (Å²) in [5.41, 5.74) is 2.97. The van der Waals surface area contributed by atoms with Crippen molar-refractivity contribution in [2.75, 3.05) is 6.61 Å². The lowest BCUT2D eigenvalue weighted by atomic mass is 9.79. The van der Waals surface area contributed by atoms with E-state index in [9.17, 15) is 0 Å². The van der Waals surface area contributed by atoms with E-state index in [2.05, 4.69) is 37.3 Å². The van der Waals surface area contributed by atoms with E-state index in [0.29, 0.717) is 12.0 Å². The van der Waals surface area contributed by atoms with Crippen LogP contribution >= 0.6 is 0 Å². The average Bonchev–Trinajstić information content (AvgIpc) is 2.76. The van der Waals surface area contributed by atoms with E-state index >= 15 is 0 Å².